The Morgan fingerprint density at radius 2 is 2.39 bits per heavy atom. The average Bonchev–Trinajstić information content (AvgIpc) is 2.92. The summed E-state index contributed by atoms with van der Waals surface area (Å²) in [7, 11) is 0. The van der Waals surface area contributed by atoms with Crippen LogP contribution in [0.1, 0.15) is 22.6 Å². The number of nitrogens with zero attached hydrogens (tertiary/aromatic N) is 2. The quantitative estimate of drug-likeness (QED) is 0.878. The lowest BCUT2D eigenvalue weighted by molar-refractivity contribution is 0.305. The van der Waals surface area contributed by atoms with Crippen molar-refractivity contribution in [1.29, 1.82) is 0 Å². The molecule has 2 rings (SSSR count). The van der Waals surface area contributed by atoms with Crippen molar-refractivity contribution in [2.75, 3.05) is 6.61 Å². The standard InChI is InChI=1S/C13H13ClN2OS/c1-10-13(14)7-15-16(10)8-12-6-11(9-18-12)4-2-3-5-17/h6-7,9,17H,3,5,8H2,1H3. The van der Waals surface area contributed by atoms with Gasteiger partial charge in [-0.1, -0.05) is 23.4 Å². The molecule has 0 aliphatic carbocycles. The molecule has 2 aromatic heterocycles. The van der Waals surface area contributed by atoms with E-state index in [1.54, 1.807) is 17.5 Å². The Morgan fingerprint density at radius 1 is 1.56 bits per heavy atom. The summed E-state index contributed by atoms with van der Waals surface area (Å²) in [5.41, 5.74) is 1.96. The maximum atomic E-state index is 8.65. The maximum Gasteiger partial charge on any atom is 0.0815 e. The smallest absolute Gasteiger partial charge is 0.0815 e. The number of aromatic nitrogens is 2. The second-order valence-electron chi connectivity index (χ2n) is 3.81. The van der Waals surface area contributed by atoms with E-state index in [9.17, 15) is 0 Å². The van der Waals surface area contributed by atoms with Crippen LogP contribution in [0.25, 0.3) is 0 Å². The molecular formula is C13H13ClN2OS. The molecule has 0 radical (unpaired) electrons. The normalized spacial score (nSPS) is 10.2. The lowest BCUT2D eigenvalue weighted by atomic mass is 10.3. The van der Waals surface area contributed by atoms with Crippen molar-refractivity contribution >= 4 is 22.9 Å². The highest BCUT2D eigenvalue weighted by Crippen LogP contribution is 2.18. The first-order valence-corrected chi connectivity index (χ1v) is 6.81. The largest absolute Gasteiger partial charge is 0.395 e. The molecule has 0 aromatic carbocycles. The van der Waals surface area contributed by atoms with Crippen molar-refractivity contribution in [2.24, 2.45) is 0 Å². The number of halogens is 1. The maximum absolute atomic E-state index is 8.65. The van der Waals surface area contributed by atoms with Crippen LogP contribution >= 0.6 is 22.9 Å². The first-order chi connectivity index (χ1) is 8.70. The van der Waals surface area contributed by atoms with Crippen molar-refractivity contribution in [2.45, 2.75) is 19.9 Å². The van der Waals surface area contributed by atoms with Crippen LogP contribution in [-0.2, 0) is 6.54 Å². The molecule has 0 aliphatic heterocycles. The zero-order valence-electron chi connectivity index (χ0n) is 9.98. The Kier molecular flexibility index (Phi) is 4.43. The topological polar surface area (TPSA) is 38.0 Å². The summed E-state index contributed by atoms with van der Waals surface area (Å²) in [5.74, 6) is 5.92. The van der Waals surface area contributed by atoms with Gasteiger partial charge in [0, 0.05) is 22.2 Å². The molecule has 0 aliphatic rings. The zero-order valence-corrected chi connectivity index (χ0v) is 11.6. The summed E-state index contributed by atoms with van der Waals surface area (Å²) >= 11 is 7.61. The molecule has 18 heavy (non-hydrogen) atoms. The Balaban J connectivity index is 2.07. The molecule has 0 fully saturated rings. The van der Waals surface area contributed by atoms with Gasteiger partial charge in [0.05, 0.1) is 30.1 Å². The molecule has 3 nitrogen and oxygen atoms in total. The zero-order chi connectivity index (χ0) is 13.0. The van der Waals surface area contributed by atoms with Crippen LogP contribution in [-0.4, -0.2) is 21.5 Å². The van der Waals surface area contributed by atoms with Gasteiger partial charge in [0.2, 0.25) is 0 Å². The minimum absolute atomic E-state index is 0.106. The van der Waals surface area contributed by atoms with Crippen LogP contribution in [0.5, 0.6) is 0 Å². The first-order valence-electron chi connectivity index (χ1n) is 5.55. The van der Waals surface area contributed by atoms with Crippen molar-refractivity contribution in [3.05, 3.63) is 38.8 Å². The first kappa shape index (κ1) is 13.2. The van der Waals surface area contributed by atoms with Crippen LogP contribution < -0.4 is 0 Å². The summed E-state index contributed by atoms with van der Waals surface area (Å²) in [6.45, 7) is 2.77. The van der Waals surface area contributed by atoms with Crippen LogP contribution in [0.4, 0.5) is 0 Å². The lowest BCUT2D eigenvalue weighted by Gasteiger charge is -2.01. The second kappa shape index (κ2) is 6.05. The van der Waals surface area contributed by atoms with E-state index in [-0.39, 0.29) is 6.61 Å². The molecular weight excluding hydrogens is 268 g/mol. The predicted octanol–water partition coefficient (Wildman–Crippen LogP) is 2.69. The highest BCUT2D eigenvalue weighted by molar-refractivity contribution is 7.10. The molecule has 5 heteroatoms. The van der Waals surface area contributed by atoms with Crippen LogP contribution in [0.2, 0.25) is 5.02 Å². The van der Waals surface area contributed by atoms with Crippen LogP contribution in [0.3, 0.4) is 0 Å². The number of hydrogen-bond acceptors (Lipinski definition) is 3. The van der Waals surface area contributed by atoms with E-state index in [0.717, 1.165) is 11.3 Å². The van der Waals surface area contributed by atoms with E-state index in [0.29, 0.717) is 18.0 Å². The van der Waals surface area contributed by atoms with Gasteiger partial charge < -0.3 is 5.11 Å². The fraction of sp³-hybridized carbons (Fsp3) is 0.308. The summed E-state index contributed by atoms with van der Waals surface area (Å²) in [4.78, 5) is 1.19. The summed E-state index contributed by atoms with van der Waals surface area (Å²) in [6, 6.07) is 2.05. The van der Waals surface area contributed by atoms with Gasteiger partial charge in [0.25, 0.3) is 0 Å². The van der Waals surface area contributed by atoms with Gasteiger partial charge in [-0.2, -0.15) is 5.10 Å². The van der Waals surface area contributed by atoms with Gasteiger partial charge in [0.15, 0.2) is 0 Å². The Morgan fingerprint density at radius 3 is 3.06 bits per heavy atom. The summed E-state index contributed by atoms with van der Waals surface area (Å²) in [5, 5.41) is 15.6. The molecule has 2 aromatic rings. The monoisotopic (exact) mass is 280 g/mol. The fourth-order valence-electron chi connectivity index (χ4n) is 1.48. The van der Waals surface area contributed by atoms with Crippen molar-refractivity contribution in [3.63, 3.8) is 0 Å². The lowest BCUT2D eigenvalue weighted by Crippen LogP contribution is -2.01. The molecule has 0 spiro atoms. The molecule has 0 atom stereocenters. The Bertz CT molecular complexity index is 592. The SMILES string of the molecule is Cc1c(Cl)cnn1Cc1cc(C#CCCO)cs1. The highest BCUT2D eigenvalue weighted by Gasteiger charge is 2.05. The Labute approximate surface area is 115 Å². The Hall–Kier alpha value is -1.28. The van der Waals surface area contributed by atoms with Gasteiger partial charge in [-0.15, -0.1) is 11.3 Å². The van der Waals surface area contributed by atoms with Crippen molar-refractivity contribution in [3.8, 4) is 11.8 Å². The molecule has 0 unspecified atom stereocenters. The predicted molar refractivity (Wildman–Crippen MR) is 74.0 cm³/mol. The number of aliphatic hydroxyl groups excluding tert-OH is 1. The molecule has 0 saturated heterocycles. The second-order valence-corrected chi connectivity index (χ2v) is 5.22. The van der Waals surface area contributed by atoms with E-state index in [1.165, 1.54) is 4.88 Å². The number of hydrogen-bond donors (Lipinski definition) is 1. The van der Waals surface area contributed by atoms with E-state index in [2.05, 4.69) is 16.9 Å². The van der Waals surface area contributed by atoms with E-state index < -0.39 is 0 Å². The third-order valence-corrected chi connectivity index (χ3v) is 3.76. The van der Waals surface area contributed by atoms with E-state index >= 15 is 0 Å². The van der Waals surface area contributed by atoms with Crippen LogP contribution in [0.15, 0.2) is 17.6 Å². The molecule has 0 saturated carbocycles. The minimum Gasteiger partial charge on any atom is -0.395 e. The van der Waals surface area contributed by atoms with Gasteiger partial charge in [-0.3, -0.25) is 4.68 Å². The van der Waals surface area contributed by atoms with Gasteiger partial charge in [-0.05, 0) is 13.0 Å². The molecule has 1 N–H and O–H groups in total. The van der Waals surface area contributed by atoms with Crippen molar-refractivity contribution in [1.82, 2.24) is 9.78 Å². The molecule has 2 heterocycles. The van der Waals surface area contributed by atoms with Gasteiger partial charge in [-0.25, -0.2) is 0 Å². The van der Waals surface area contributed by atoms with E-state index in [4.69, 9.17) is 16.7 Å². The average molecular weight is 281 g/mol. The third kappa shape index (κ3) is 3.14. The number of rotatable bonds is 3. The number of thiophene rings is 1. The summed E-state index contributed by atoms with van der Waals surface area (Å²) < 4.78 is 1.87. The fourth-order valence-corrected chi connectivity index (χ4v) is 2.42. The molecule has 0 bridgehead atoms. The molecule has 0 amide bonds. The van der Waals surface area contributed by atoms with Gasteiger partial charge >= 0.3 is 0 Å². The van der Waals surface area contributed by atoms with Crippen LogP contribution in [0, 0.1) is 18.8 Å². The highest BCUT2D eigenvalue weighted by atomic mass is 35.5. The van der Waals surface area contributed by atoms with Crippen molar-refractivity contribution < 1.29 is 5.11 Å². The molecule has 94 valence electrons. The van der Waals surface area contributed by atoms with Gasteiger partial charge in [0.1, 0.15) is 0 Å². The number of aliphatic hydroxyl groups is 1. The third-order valence-electron chi connectivity index (χ3n) is 2.47. The minimum atomic E-state index is 0.106. The van der Waals surface area contributed by atoms with E-state index in [1.807, 2.05) is 23.1 Å². The summed E-state index contributed by atoms with van der Waals surface area (Å²) in [6.07, 6.45) is 2.17.